The molecule has 0 radical (unpaired) electrons. The smallest absolute Gasteiger partial charge is 0.221 e. The Labute approximate surface area is 130 Å². The summed E-state index contributed by atoms with van der Waals surface area (Å²) in [5, 5.41) is 12.2. The molecule has 1 aliphatic carbocycles. The molecule has 1 atom stereocenters. The first-order chi connectivity index (χ1) is 9.97. The van der Waals surface area contributed by atoms with Crippen molar-refractivity contribution in [2.45, 2.75) is 78.2 Å². The number of rotatable bonds is 8. The van der Waals surface area contributed by atoms with E-state index in [-0.39, 0.29) is 17.9 Å². The number of primary amides is 1. The fraction of sp³-hybridized carbons (Fsp3) is 0.941. The topological polar surface area (TPSA) is 75.3 Å². The number of aliphatic hydroxyl groups excluding tert-OH is 1. The fourth-order valence-corrected chi connectivity index (χ4v) is 2.42. The molecule has 1 rings (SSSR count). The SMILES string of the molecule is CCCCC(CNCC(C)C)C(N)=O.OC1CCCCC1. The molecule has 0 aliphatic heterocycles. The fourth-order valence-electron chi connectivity index (χ4n) is 2.42. The summed E-state index contributed by atoms with van der Waals surface area (Å²) in [5.41, 5.74) is 5.32. The van der Waals surface area contributed by atoms with Gasteiger partial charge in [-0.1, -0.05) is 52.9 Å². The highest BCUT2D eigenvalue weighted by Gasteiger charge is 2.13. The van der Waals surface area contributed by atoms with Gasteiger partial charge >= 0.3 is 0 Å². The van der Waals surface area contributed by atoms with Gasteiger partial charge in [0.1, 0.15) is 0 Å². The highest BCUT2D eigenvalue weighted by atomic mass is 16.3. The van der Waals surface area contributed by atoms with E-state index in [4.69, 9.17) is 10.8 Å². The maximum absolute atomic E-state index is 11.1. The van der Waals surface area contributed by atoms with Gasteiger partial charge in [0.15, 0.2) is 0 Å². The average Bonchev–Trinajstić information content (AvgIpc) is 2.43. The van der Waals surface area contributed by atoms with Crippen LogP contribution >= 0.6 is 0 Å². The third-order valence-electron chi connectivity index (χ3n) is 3.83. The van der Waals surface area contributed by atoms with E-state index in [0.717, 1.165) is 45.2 Å². The lowest BCUT2D eigenvalue weighted by molar-refractivity contribution is -0.121. The molecule has 1 amide bonds. The molecule has 1 saturated carbocycles. The van der Waals surface area contributed by atoms with Crippen LogP contribution in [0.3, 0.4) is 0 Å². The van der Waals surface area contributed by atoms with Crippen molar-refractivity contribution < 1.29 is 9.90 Å². The van der Waals surface area contributed by atoms with Crippen LogP contribution in [0.25, 0.3) is 0 Å². The van der Waals surface area contributed by atoms with Gasteiger partial charge in [-0.05, 0) is 31.7 Å². The molecular weight excluding hydrogens is 264 g/mol. The van der Waals surface area contributed by atoms with Gasteiger partial charge in [-0.3, -0.25) is 4.79 Å². The lowest BCUT2D eigenvalue weighted by Crippen LogP contribution is -2.34. The number of nitrogens with one attached hydrogen (secondary N) is 1. The first-order valence-corrected chi connectivity index (χ1v) is 8.65. The maximum atomic E-state index is 11.1. The second-order valence-corrected chi connectivity index (χ2v) is 6.59. The summed E-state index contributed by atoms with van der Waals surface area (Å²) in [6.45, 7) is 8.11. The van der Waals surface area contributed by atoms with Gasteiger partial charge in [0.2, 0.25) is 5.91 Å². The normalized spacial score (nSPS) is 17.2. The van der Waals surface area contributed by atoms with Crippen LogP contribution < -0.4 is 11.1 Å². The quantitative estimate of drug-likeness (QED) is 0.645. The van der Waals surface area contributed by atoms with Crippen molar-refractivity contribution >= 4 is 5.91 Å². The van der Waals surface area contributed by atoms with E-state index in [1.165, 1.54) is 19.3 Å². The third-order valence-corrected chi connectivity index (χ3v) is 3.83. The van der Waals surface area contributed by atoms with Gasteiger partial charge in [-0.15, -0.1) is 0 Å². The molecule has 4 N–H and O–H groups in total. The largest absolute Gasteiger partial charge is 0.393 e. The van der Waals surface area contributed by atoms with Crippen LogP contribution in [-0.2, 0) is 4.79 Å². The minimum absolute atomic E-state index is 0.00806. The number of nitrogens with two attached hydrogens (primary N) is 1. The number of unbranched alkanes of at least 4 members (excludes halogenated alkanes) is 1. The predicted octanol–water partition coefficient (Wildman–Crippen LogP) is 2.84. The van der Waals surface area contributed by atoms with E-state index >= 15 is 0 Å². The molecule has 4 nitrogen and oxygen atoms in total. The molecule has 4 heteroatoms. The number of aliphatic hydroxyl groups is 1. The Morgan fingerprint density at radius 3 is 2.24 bits per heavy atom. The Hall–Kier alpha value is -0.610. The number of carbonyl (C=O) groups is 1. The molecule has 0 aromatic carbocycles. The third kappa shape index (κ3) is 12.8. The molecular formula is C17H36N2O2. The average molecular weight is 300 g/mol. The lowest BCUT2D eigenvalue weighted by atomic mass is 9.98. The minimum atomic E-state index is -0.172. The summed E-state index contributed by atoms with van der Waals surface area (Å²) in [6, 6.07) is 0. The zero-order chi connectivity index (χ0) is 16.1. The van der Waals surface area contributed by atoms with Crippen LogP contribution in [-0.4, -0.2) is 30.2 Å². The zero-order valence-corrected chi connectivity index (χ0v) is 14.2. The van der Waals surface area contributed by atoms with Gasteiger partial charge in [0.25, 0.3) is 0 Å². The highest BCUT2D eigenvalue weighted by Crippen LogP contribution is 2.16. The summed E-state index contributed by atoms with van der Waals surface area (Å²) >= 11 is 0. The van der Waals surface area contributed by atoms with E-state index < -0.39 is 0 Å². The number of hydrogen-bond donors (Lipinski definition) is 3. The Morgan fingerprint density at radius 2 is 1.86 bits per heavy atom. The second kappa shape index (κ2) is 13.1. The highest BCUT2D eigenvalue weighted by molar-refractivity contribution is 5.76. The van der Waals surface area contributed by atoms with E-state index in [2.05, 4.69) is 26.1 Å². The maximum Gasteiger partial charge on any atom is 0.221 e. The monoisotopic (exact) mass is 300 g/mol. The Kier molecular flexibility index (Phi) is 12.7. The standard InChI is InChI=1S/C11H24N2O.C6H12O/c1-4-5-6-10(11(12)14)8-13-7-9(2)3;7-6-4-2-1-3-5-6/h9-10,13H,4-8H2,1-3H3,(H2,12,14);6-7H,1-5H2. The van der Waals surface area contributed by atoms with Crippen molar-refractivity contribution in [3.63, 3.8) is 0 Å². The molecule has 126 valence electrons. The molecule has 21 heavy (non-hydrogen) atoms. The van der Waals surface area contributed by atoms with Crippen molar-refractivity contribution in [3.8, 4) is 0 Å². The Bertz CT molecular complexity index is 251. The van der Waals surface area contributed by atoms with E-state index in [1.54, 1.807) is 0 Å². The van der Waals surface area contributed by atoms with Gasteiger partial charge in [0, 0.05) is 6.54 Å². The van der Waals surface area contributed by atoms with Crippen molar-refractivity contribution in [1.29, 1.82) is 0 Å². The van der Waals surface area contributed by atoms with Crippen molar-refractivity contribution in [3.05, 3.63) is 0 Å². The first kappa shape index (κ1) is 20.4. The summed E-state index contributed by atoms with van der Waals surface area (Å²) < 4.78 is 0. The van der Waals surface area contributed by atoms with Crippen molar-refractivity contribution in [2.24, 2.45) is 17.6 Å². The summed E-state index contributed by atoms with van der Waals surface area (Å²) in [6.07, 6.45) is 9.04. The predicted molar refractivity (Wildman–Crippen MR) is 89.0 cm³/mol. The van der Waals surface area contributed by atoms with Crippen LogP contribution in [0, 0.1) is 11.8 Å². The summed E-state index contributed by atoms with van der Waals surface area (Å²) in [4.78, 5) is 11.1. The molecule has 0 bridgehead atoms. The van der Waals surface area contributed by atoms with Crippen LogP contribution in [0.1, 0.15) is 72.1 Å². The van der Waals surface area contributed by atoms with Crippen LogP contribution in [0.15, 0.2) is 0 Å². The van der Waals surface area contributed by atoms with E-state index in [1.807, 2.05) is 0 Å². The van der Waals surface area contributed by atoms with Gasteiger partial charge < -0.3 is 16.2 Å². The van der Waals surface area contributed by atoms with Gasteiger partial charge in [-0.25, -0.2) is 0 Å². The molecule has 0 spiro atoms. The van der Waals surface area contributed by atoms with E-state index in [0.29, 0.717) is 5.92 Å². The minimum Gasteiger partial charge on any atom is -0.393 e. The molecule has 0 heterocycles. The van der Waals surface area contributed by atoms with Gasteiger partial charge in [0.05, 0.1) is 12.0 Å². The molecule has 0 aromatic heterocycles. The summed E-state index contributed by atoms with van der Waals surface area (Å²) in [5.74, 6) is 0.457. The summed E-state index contributed by atoms with van der Waals surface area (Å²) in [7, 11) is 0. The molecule has 1 unspecified atom stereocenters. The second-order valence-electron chi connectivity index (χ2n) is 6.59. The molecule has 1 aliphatic rings. The van der Waals surface area contributed by atoms with Crippen molar-refractivity contribution in [2.75, 3.05) is 13.1 Å². The Morgan fingerprint density at radius 1 is 1.24 bits per heavy atom. The molecule has 0 aromatic rings. The Balaban J connectivity index is 0.000000471. The zero-order valence-electron chi connectivity index (χ0n) is 14.2. The van der Waals surface area contributed by atoms with Crippen molar-refractivity contribution in [1.82, 2.24) is 5.32 Å². The number of hydrogen-bond acceptors (Lipinski definition) is 3. The first-order valence-electron chi connectivity index (χ1n) is 8.65. The molecule has 0 saturated heterocycles. The number of amides is 1. The molecule has 1 fully saturated rings. The van der Waals surface area contributed by atoms with Gasteiger partial charge in [-0.2, -0.15) is 0 Å². The lowest BCUT2D eigenvalue weighted by Gasteiger charge is -2.14. The van der Waals surface area contributed by atoms with Crippen LogP contribution in [0.4, 0.5) is 0 Å². The van der Waals surface area contributed by atoms with Crippen LogP contribution in [0.2, 0.25) is 0 Å². The van der Waals surface area contributed by atoms with E-state index in [9.17, 15) is 4.79 Å². The van der Waals surface area contributed by atoms with Crippen LogP contribution in [0.5, 0.6) is 0 Å². The number of carbonyl (C=O) groups excluding carboxylic acids is 1.